The molecule has 0 saturated carbocycles. The van der Waals surface area contributed by atoms with E-state index in [-0.39, 0.29) is 0 Å². The Morgan fingerprint density at radius 3 is 2.25 bits per heavy atom. The Bertz CT molecular complexity index is 216. The fourth-order valence-electron chi connectivity index (χ4n) is 3.69. The molecular weight excluding hydrogens is 228 g/mol. The molecule has 0 spiro atoms. The second-order valence-corrected chi connectivity index (χ2v) is 15.9. The molecule has 1 radical (unpaired) electrons. The van der Waals surface area contributed by atoms with Crippen LogP contribution >= 0.6 is 0 Å². The minimum atomic E-state index is -1.21. The van der Waals surface area contributed by atoms with Crippen molar-refractivity contribution in [1.82, 2.24) is 0 Å². The van der Waals surface area contributed by atoms with E-state index in [1.54, 1.807) is 0 Å². The maximum Gasteiger partial charge on any atom is 0.0581 e. The minimum absolute atomic E-state index is 0.493. The highest BCUT2D eigenvalue weighted by Crippen LogP contribution is 2.50. The lowest BCUT2D eigenvalue weighted by molar-refractivity contribution is 0.000466. The van der Waals surface area contributed by atoms with Crippen LogP contribution in [0.3, 0.4) is 0 Å². The number of ether oxygens (including phenoxy) is 1. The molecule has 0 aromatic rings. The van der Waals surface area contributed by atoms with Crippen LogP contribution in [0.2, 0.25) is 37.4 Å². The zero-order chi connectivity index (χ0) is 12.4. The van der Waals surface area contributed by atoms with Gasteiger partial charge in [0.1, 0.15) is 0 Å². The molecule has 2 unspecified atom stereocenters. The van der Waals surface area contributed by atoms with Crippen LogP contribution in [-0.4, -0.2) is 29.6 Å². The molecule has 1 fully saturated rings. The highest BCUT2D eigenvalue weighted by molar-refractivity contribution is 6.91. The molecule has 1 nitrogen and oxygen atoms in total. The van der Waals surface area contributed by atoms with Crippen LogP contribution in [0.5, 0.6) is 0 Å². The van der Waals surface area contributed by atoms with Gasteiger partial charge in [-0.1, -0.05) is 46.1 Å². The Balaban J connectivity index is 3.01. The largest absolute Gasteiger partial charge is 0.378 e. The molecule has 1 rings (SSSR count). The van der Waals surface area contributed by atoms with E-state index in [2.05, 4.69) is 39.7 Å². The van der Waals surface area contributed by atoms with Gasteiger partial charge in [-0.15, -0.1) is 0 Å². The maximum absolute atomic E-state index is 6.15. The van der Waals surface area contributed by atoms with Gasteiger partial charge in [0, 0.05) is 15.4 Å². The molecule has 1 saturated heterocycles. The van der Waals surface area contributed by atoms with Gasteiger partial charge >= 0.3 is 0 Å². The lowest BCUT2D eigenvalue weighted by atomic mass is 10.0. The van der Waals surface area contributed by atoms with E-state index >= 15 is 0 Å². The Morgan fingerprint density at radius 2 is 1.94 bits per heavy atom. The van der Waals surface area contributed by atoms with Gasteiger partial charge in [-0.25, -0.2) is 0 Å². The molecule has 16 heavy (non-hydrogen) atoms. The zero-order valence-electron chi connectivity index (χ0n) is 11.8. The lowest BCUT2D eigenvalue weighted by Crippen LogP contribution is -2.55. The van der Waals surface area contributed by atoms with Gasteiger partial charge in [0.25, 0.3) is 0 Å². The molecule has 0 aromatic heterocycles. The third-order valence-corrected chi connectivity index (χ3v) is 15.0. The number of hydrogen-bond acceptors (Lipinski definition) is 1. The lowest BCUT2D eigenvalue weighted by Gasteiger charge is -2.52. The summed E-state index contributed by atoms with van der Waals surface area (Å²) in [6.45, 7) is 17.8. The topological polar surface area (TPSA) is 9.23 Å². The van der Waals surface area contributed by atoms with E-state index < -0.39 is 16.9 Å². The van der Waals surface area contributed by atoms with Crippen molar-refractivity contribution in [2.75, 3.05) is 6.61 Å². The zero-order valence-corrected chi connectivity index (χ0v) is 14.0. The van der Waals surface area contributed by atoms with Crippen LogP contribution in [0.15, 0.2) is 0 Å². The Labute approximate surface area is 105 Å². The van der Waals surface area contributed by atoms with Crippen molar-refractivity contribution < 1.29 is 4.74 Å². The van der Waals surface area contributed by atoms with Crippen molar-refractivity contribution in [2.24, 2.45) is 0 Å². The third kappa shape index (κ3) is 2.46. The van der Waals surface area contributed by atoms with Crippen molar-refractivity contribution in [2.45, 2.75) is 69.2 Å². The summed E-state index contributed by atoms with van der Waals surface area (Å²) in [5, 5.41) is 0. The van der Waals surface area contributed by atoms with E-state index in [1.165, 1.54) is 19.3 Å². The molecule has 1 heterocycles. The minimum Gasteiger partial charge on any atom is -0.378 e. The molecule has 0 amide bonds. The Hall–Kier alpha value is 0.394. The molecule has 3 heteroatoms. The van der Waals surface area contributed by atoms with Crippen LogP contribution in [0.4, 0.5) is 0 Å². The molecule has 0 aromatic carbocycles. The highest BCUT2D eigenvalue weighted by atomic mass is 28.4. The number of rotatable bonds is 4. The van der Waals surface area contributed by atoms with Crippen molar-refractivity contribution in [1.29, 1.82) is 0 Å². The van der Waals surface area contributed by atoms with Gasteiger partial charge in [0.2, 0.25) is 0 Å². The van der Waals surface area contributed by atoms with Gasteiger partial charge in [-0.05, 0) is 23.9 Å². The molecule has 1 aliphatic heterocycles. The van der Waals surface area contributed by atoms with Crippen molar-refractivity contribution in [3.05, 3.63) is 6.92 Å². The summed E-state index contributed by atoms with van der Waals surface area (Å²) in [5.74, 6) is 0. The molecule has 2 atom stereocenters. The predicted octanol–water partition coefficient (Wildman–Crippen LogP) is 3.88. The van der Waals surface area contributed by atoms with E-state index in [9.17, 15) is 0 Å². The van der Waals surface area contributed by atoms with Crippen LogP contribution in [0.1, 0.15) is 25.7 Å². The van der Waals surface area contributed by atoms with Gasteiger partial charge in [-0.2, -0.15) is 0 Å². The van der Waals surface area contributed by atoms with E-state index in [0.717, 1.165) is 13.0 Å². The first kappa shape index (κ1) is 14.5. The summed E-state index contributed by atoms with van der Waals surface area (Å²) < 4.78 is 6.65. The van der Waals surface area contributed by atoms with Crippen LogP contribution in [0.25, 0.3) is 0 Å². The summed E-state index contributed by atoms with van der Waals surface area (Å²) in [5.41, 5.74) is 0. The standard InChI is InChI=1S/C13H29OSi2/c1-7-13(15(2)3,16(4,5)6)12-10-8-9-11-14-12/h12,15H,1,7-11H2,2-6H3. The SMILES string of the molecule is [CH2]CC(C1CCCCO1)([SiH](C)C)[Si](C)(C)C. The summed E-state index contributed by atoms with van der Waals surface area (Å²) in [6, 6.07) is 0. The third-order valence-electron chi connectivity index (χ3n) is 4.59. The molecular formula is C13H29OSi2. The van der Waals surface area contributed by atoms with Crippen molar-refractivity contribution >= 4 is 16.9 Å². The van der Waals surface area contributed by atoms with Gasteiger partial charge in [0.15, 0.2) is 0 Å². The first-order valence-corrected chi connectivity index (χ1v) is 13.2. The normalized spacial score (nSPS) is 26.8. The van der Waals surface area contributed by atoms with Gasteiger partial charge in [0.05, 0.1) is 14.2 Å². The summed E-state index contributed by atoms with van der Waals surface area (Å²) in [4.78, 5) is 0. The summed E-state index contributed by atoms with van der Waals surface area (Å²) in [6.07, 6.45) is 5.52. The van der Waals surface area contributed by atoms with Crippen LogP contribution in [0, 0.1) is 6.92 Å². The molecule has 0 bridgehead atoms. The van der Waals surface area contributed by atoms with Crippen LogP contribution in [-0.2, 0) is 4.74 Å². The van der Waals surface area contributed by atoms with Crippen molar-refractivity contribution in [3.63, 3.8) is 0 Å². The Morgan fingerprint density at radius 1 is 1.31 bits per heavy atom. The average molecular weight is 258 g/mol. The second kappa shape index (κ2) is 5.36. The smallest absolute Gasteiger partial charge is 0.0581 e. The van der Waals surface area contributed by atoms with E-state index in [1.807, 2.05) is 0 Å². The fourth-order valence-corrected chi connectivity index (χ4v) is 14.1. The maximum atomic E-state index is 6.15. The van der Waals surface area contributed by atoms with Crippen LogP contribution < -0.4 is 0 Å². The first-order valence-electron chi connectivity index (χ1n) is 6.77. The second-order valence-electron chi connectivity index (χ2n) is 6.55. The Kier molecular flexibility index (Phi) is 4.84. The summed E-state index contributed by atoms with van der Waals surface area (Å²) in [7, 11) is -1.96. The molecule has 0 N–H and O–H groups in total. The van der Waals surface area contributed by atoms with Gasteiger partial charge < -0.3 is 4.74 Å². The molecule has 95 valence electrons. The molecule has 0 aliphatic carbocycles. The number of hydrogen-bond donors (Lipinski definition) is 0. The van der Waals surface area contributed by atoms with Gasteiger partial charge in [-0.3, -0.25) is 0 Å². The average Bonchev–Trinajstić information content (AvgIpc) is 2.18. The highest BCUT2D eigenvalue weighted by Gasteiger charge is 2.51. The predicted molar refractivity (Wildman–Crippen MR) is 78.5 cm³/mol. The van der Waals surface area contributed by atoms with Crippen molar-refractivity contribution in [3.8, 4) is 0 Å². The monoisotopic (exact) mass is 257 g/mol. The summed E-state index contributed by atoms with van der Waals surface area (Å²) >= 11 is 0. The van der Waals surface area contributed by atoms with E-state index in [4.69, 9.17) is 4.74 Å². The first-order chi connectivity index (χ1) is 7.36. The van der Waals surface area contributed by atoms with E-state index in [0.29, 0.717) is 10.8 Å². The fraction of sp³-hybridized carbons (Fsp3) is 0.923. The quantitative estimate of drug-likeness (QED) is 0.695. The molecule has 1 aliphatic rings.